The lowest BCUT2D eigenvalue weighted by molar-refractivity contribution is 0.0950. The molecular formula is C14H15N3O3S. The molecule has 0 aliphatic heterocycles. The van der Waals surface area contributed by atoms with Gasteiger partial charge in [0.2, 0.25) is 0 Å². The quantitative estimate of drug-likeness (QED) is 0.914. The van der Waals surface area contributed by atoms with Crippen molar-refractivity contribution in [2.45, 2.75) is 18.5 Å². The molecule has 0 unspecified atom stereocenters. The summed E-state index contributed by atoms with van der Waals surface area (Å²) < 4.78 is 23.1. The van der Waals surface area contributed by atoms with Gasteiger partial charge in [-0.25, -0.2) is 13.4 Å². The molecule has 0 radical (unpaired) electrons. The highest BCUT2D eigenvalue weighted by Gasteiger charge is 2.11. The number of nitrogens with zero attached hydrogens (tertiary/aromatic N) is 2. The Morgan fingerprint density at radius 2 is 1.90 bits per heavy atom. The van der Waals surface area contributed by atoms with Crippen LogP contribution in [0.1, 0.15) is 21.6 Å². The van der Waals surface area contributed by atoms with Crippen LogP contribution in [-0.2, 0) is 16.4 Å². The van der Waals surface area contributed by atoms with Gasteiger partial charge in [-0.1, -0.05) is 0 Å². The lowest BCUT2D eigenvalue weighted by Gasteiger charge is -2.07. The molecule has 0 saturated heterocycles. The maximum absolute atomic E-state index is 11.9. The van der Waals surface area contributed by atoms with Crippen LogP contribution in [0, 0.1) is 6.92 Å². The molecule has 0 spiro atoms. The Kier molecular flexibility index (Phi) is 4.32. The maximum atomic E-state index is 11.9. The summed E-state index contributed by atoms with van der Waals surface area (Å²) in [5.74, 6) is -0.243. The fourth-order valence-corrected chi connectivity index (χ4v) is 2.46. The van der Waals surface area contributed by atoms with Crippen LogP contribution in [0.2, 0.25) is 0 Å². The van der Waals surface area contributed by atoms with Crippen LogP contribution >= 0.6 is 0 Å². The summed E-state index contributed by atoms with van der Waals surface area (Å²) in [4.78, 5) is 19.7. The van der Waals surface area contributed by atoms with Gasteiger partial charge in [0.05, 0.1) is 0 Å². The van der Waals surface area contributed by atoms with E-state index >= 15 is 0 Å². The number of carbonyl (C=O) groups excluding carboxylic acids is 1. The van der Waals surface area contributed by atoms with E-state index in [4.69, 9.17) is 0 Å². The highest BCUT2D eigenvalue weighted by Crippen LogP contribution is 2.11. The molecule has 110 valence electrons. The summed E-state index contributed by atoms with van der Waals surface area (Å²) in [6, 6.07) is 6.42. The number of amides is 1. The fraction of sp³-hybridized carbons (Fsp3) is 0.214. The second kappa shape index (κ2) is 6.01. The van der Waals surface area contributed by atoms with E-state index in [9.17, 15) is 13.2 Å². The number of aromatic nitrogens is 2. The van der Waals surface area contributed by atoms with E-state index in [1.807, 2.05) is 0 Å². The topological polar surface area (TPSA) is 89.0 Å². The van der Waals surface area contributed by atoms with Crippen molar-refractivity contribution in [2.24, 2.45) is 0 Å². The minimum atomic E-state index is -3.37. The van der Waals surface area contributed by atoms with Crippen molar-refractivity contribution in [1.82, 2.24) is 15.3 Å². The van der Waals surface area contributed by atoms with Gasteiger partial charge in [0.25, 0.3) is 5.91 Å². The second-order valence-corrected chi connectivity index (χ2v) is 6.61. The minimum Gasteiger partial charge on any atom is -0.348 e. The molecule has 6 nitrogen and oxygen atoms in total. The summed E-state index contributed by atoms with van der Waals surface area (Å²) in [5.41, 5.74) is 1.77. The average molecular weight is 305 g/mol. The molecule has 0 atom stereocenters. The first-order valence-corrected chi connectivity index (χ1v) is 8.11. The molecule has 0 aliphatic rings. The molecule has 7 heteroatoms. The molecule has 2 heterocycles. The van der Waals surface area contributed by atoms with Crippen LogP contribution in [0.15, 0.2) is 41.7 Å². The van der Waals surface area contributed by atoms with Gasteiger partial charge in [0, 0.05) is 36.5 Å². The molecular weight excluding hydrogens is 290 g/mol. The summed E-state index contributed by atoms with van der Waals surface area (Å²) in [7, 11) is -3.37. The van der Waals surface area contributed by atoms with E-state index in [0.717, 1.165) is 6.26 Å². The maximum Gasteiger partial charge on any atom is 0.251 e. The number of nitrogens with one attached hydrogen (secondary N) is 1. The summed E-state index contributed by atoms with van der Waals surface area (Å²) in [6.45, 7) is 1.94. The first-order valence-electron chi connectivity index (χ1n) is 6.22. The van der Waals surface area contributed by atoms with Crippen molar-refractivity contribution < 1.29 is 13.2 Å². The van der Waals surface area contributed by atoms with Crippen LogP contribution in [0.4, 0.5) is 0 Å². The van der Waals surface area contributed by atoms with Crippen LogP contribution < -0.4 is 5.32 Å². The van der Waals surface area contributed by atoms with Crippen molar-refractivity contribution in [2.75, 3.05) is 6.26 Å². The lowest BCUT2D eigenvalue weighted by Crippen LogP contribution is -2.23. The number of pyridine rings is 2. The molecule has 0 saturated carbocycles. The smallest absolute Gasteiger partial charge is 0.251 e. The molecule has 2 aromatic heterocycles. The third-order valence-corrected chi connectivity index (χ3v) is 3.73. The Morgan fingerprint density at radius 1 is 1.24 bits per heavy atom. The van der Waals surface area contributed by atoms with Crippen LogP contribution in [0.3, 0.4) is 0 Å². The molecule has 0 bridgehead atoms. The van der Waals surface area contributed by atoms with Crippen LogP contribution in [0.5, 0.6) is 0 Å². The fourth-order valence-electron chi connectivity index (χ4n) is 1.79. The molecule has 0 aromatic carbocycles. The van der Waals surface area contributed by atoms with Crippen LogP contribution in [0.25, 0.3) is 0 Å². The van der Waals surface area contributed by atoms with Crippen LogP contribution in [-0.4, -0.2) is 30.5 Å². The van der Waals surface area contributed by atoms with E-state index in [0.29, 0.717) is 16.8 Å². The van der Waals surface area contributed by atoms with Gasteiger partial charge < -0.3 is 5.32 Å². The van der Waals surface area contributed by atoms with E-state index in [1.165, 1.54) is 18.5 Å². The van der Waals surface area contributed by atoms with Crippen molar-refractivity contribution in [3.63, 3.8) is 0 Å². The summed E-state index contributed by atoms with van der Waals surface area (Å²) >= 11 is 0. The number of sulfone groups is 1. The van der Waals surface area contributed by atoms with Gasteiger partial charge >= 0.3 is 0 Å². The standard InChI is InChI=1S/C14H15N3O3S/c1-10-7-11(8-13(17-10)21(2,19)20)9-16-14(18)12-3-5-15-6-4-12/h3-8H,9H2,1-2H3,(H,16,18). The Morgan fingerprint density at radius 3 is 2.52 bits per heavy atom. The van der Waals surface area contributed by atoms with E-state index in [1.54, 1.807) is 25.1 Å². The zero-order valence-electron chi connectivity index (χ0n) is 11.7. The summed E-state index contributed by atoms with van der Waals surface area (Å²) in [5, 5.41) is 2.74. The minimum absolute atomic E-state index is 0.00987. The van der Waals surface area contributed by atoms with Crippen molar-refractivity contribution in [1.29, 1.82) is 0 Å². The Bertz CT molecular complexity index is 758. The van der Waals surface area contributed by atoms with Gasteiger partial charge in [-0.3, -0.25) is 9.78 Å². The monoisotopic (exact) mass is 305 g/mol. The van der Waals surface area contributed by atoms with Gasteiger partial charge in [-0.15, -0.1) is 0 Å². The number of aryl methyl sites for hydroxylation is 1. The third kappa shape index (κ3) is 4.09. The van der Waals surface area contributed by atoms with E-state index in [2.05, 4.69) is 15.3 Å². The largest absolute Gasteiger partial charge is 0.348 e. The van der Waals surface area contributed by atoms with E-state index < -0.39 is 9.84 Å². The first-order chi connectivity index (χ1) is 9.86. The molecule has 2 rings (SSSR count). The second-order valence-electron chi connectivity index (χ2n) is 4.65. The third-order valence-electron chi connectivity index (χ3n) is 2.77. The van der Waals surface area contributed by atoms with Crippen molar-refractivity contribution in [3.8, 4) is 0 Å². The molecule has 21 heavy (non-hydrogen) atoms. The summed E-state index contributed by atoms with van der Waals surface area (Å²) in [6.07, 6.45) is 4.18. The average Bonchev–Trinajstić information content (AvgIpc) is 2.44. The Labute approximate surface area is 123 Å². The van der Waals surface area contributed by atoms with Crippen molar-refractivity contribution >= 4 is 15.7 Å². The van der Waals surface area contributed by atoms with Gasteiger partial charge in [-0.05, 0) is 36.8 Å². The predicted octanol–water partition coefficient (Wildman–Crippen LogP) is 1.12. The SMILES string of the molecule is Cc1cc(CNC(=O)c2ccncc2)cc(S(C)(=O)=O)n1. The van der Waals surface area contributed by atoms with E-state index in [-0.39, 0.29) is 17.5 Å². The zero-order chi connectivity index (χ0) is 15.5. The normalized spacial score (nSPS) is 11.1. The van der Waals surface area contributed by atoms with Gasteiger partial charge in [-0.2, -0.15) is 0 Å². The molecule has 0 aliphatic carbocycles. The highest BCUT2D eigenvalue weighted by molar-refractivity contribution is 7.90. The van der Waals surface area contributed by atoms with Crippen molar-refractivity contribution in [3.05, 3.63) is 53.5 Å². The molecule has 2 aromatic rings. The Hall–Kier alpha value is -2.28. The molecule has 1 N–H and O–H groups in total. The predicted molar refractivity (Wildman–Crippen MR) is 77.5 cm³/mol. The van der Waals surface area contributed by atoms with Gasteiger partial charge in [0.1, 0.15) is 0 Å². The Balaban J connectivity index is 2.14. The number of carbonyl (C=O) groups is 1. The zero-order valence-corrected chi connectivity index (χ0v) is 12.5. The number of hydrogen-bond acceptors (Lipinski definition) is 5. The number of hydrogen-bond donors (Lipinski definition) is 1. The number of rotatable bonds is 4. The first kappa shape index (κ1) is 15.1. The highest BCUT2D eigenvalue weighted by atomic mass is 32.2. The van der Waals surface area contributed by atoms with Gasteiger partial charge in [0.15, 0.2) is 14.9 Å². The lowest BCUT2D eigenvalue weighted by atomic mass is 10.2. The molecule has 0 fully saturated rings. The molecule has 1 amide bonds.